The number of ketones is 1. The van der Waals surface area contributed by atoms with E-state index >= 15 is 4.39 Å². The van der Waals surface area contributed by atoms with Gasteiger partial charge in [0.1, 0.15) is 6.10 Å². The number of rotatable bonds is 13. The maximum Gasteiger partial charge on any atom is 0.309 e. The number of hydrogen-bond acceptors (Lipinski definition) is 8. The first kappa shape index (κ1) is 48.6. The highest BCUT2D eigenvalue weighted by Crippen LogP contribution is 2.77. The fourth-order valence-corrected chi connectivity index (χ4v) is 15.3. The average molecular weight is 911 g/mol. The summed E-state index contributed by atoms with van der Waals surface area (Å²) in [4.78, 5) is 66.6. The average Bonchev–Trinajstić information content (AvgIpc) is 3.53. The number of carboxylic acid groups (broad SMARTS) is 1. The molecule has 12 atom stereocenters. The van der Waals surface area contributed by atoms with Gasteiger partial charge in [-0.1, -0.05) is 79.5 Å². The third-order valence-electron chi connectivity index (χ3n) is 19.1. The Balaban J connectivity index is 1.11. The third kappa shape index (κ3) is 7.46. The van der Waals surface area contributed by atoms with Gasteiger partial charge in [0, 0.05) is 40.8 Å². The Morgan fingerprint density at radius 2 is 1.58 bits per heavy atom. The quantitative estimate of drug-likeness (QED) is 0.0955. The Labute approximate surface area is 384 Å². The summed E-state index contributed by atoms with van der Waals surface area (Å²) in [6, 6.07) is 5.89. The minimum Gasteiger partial charge on any atom is -0.481 e. The molecule has 0 spiro atoms. The Morgan fingerprint density at radius 3 is 2.19 bits per heavy atom. The predicted molar refractivity (Wildman–Crippen MR) is 242 cm³/mol. The largest absolute Gasteiger partial charge is 0.481 e. The van der Waals surface area contributed by atoms with Crippen molar-refractivity contribution in [3.05, 3.63) is 46.0 Å². The van der Waals surface area contributed by atoms with Crippen molar-refractivity contribution < 1.29 is 43.3 Å². The molecule has 7 rings (SSSR count). The number of hydrogen-bond donors (Lipinski definition) is 5. The van der Waals surface area contributed by atoms with Crippen LogP contribution in [0.2, 0.25) is 5.02 Å². The van der Waals surface area contributed by atoms with Gasteiger partial charge in [-0.05, 0) is 146 Å². The van der Waals surface area contributed by atoms with Crippen LogP contribution in [0.15, 0.2) is 35.4 Å². The fraction of sp³-hybridized carbons (Fsp3) is 0.745. The summed E-state index contributed by atoms with van der Waals surface area (Å²) < 4.78 is 23.0. The maximum absolute atomic E-state index is 16.6. The number of alkyl halides is 1. The van der Waals surface area contributed by atoms with E-state index in [-0.39, 0.29) is 89.3 Å². The summed E-state index contributed by atoms with van der Waals surface area (Å²) in [5, 5.41) is 27.4. The van der Waals surface area contributed by atoms with E-state index in [4.69, 9.17) is 22.1 Å². The molecule has 6 aliphatic rings. The number of esters is 1. The highest BCUT2D eigenvalue weighted by molar-refractivity contribution is 6.30. The first-order valence-electron chi connectivity index (χ1n) is 23.9. The molecular weight excluding hydrogens is 837 g/mol. The summed E-state index contributed by atoms with van der Waals surface area (Å²) >= 11 is 5.99. The summed E-state index contributed by atoms with van der Waals surface area (Å²) in [6.07, 6.45) is 5.44. The van der Waals surface area contributed by atoms with Gasteiger partial charge in [0.15, 0.2) is 5.78 Å². The molecule has 6 aliphatic carbocycles. The van der Waals surface area contributed by atoms with Crippen molar-refractivity contribution in [1.29, 1.82) is 0 Å². The highest BCUT2D eigenvalue weighted by atomic mass is 35.5. The van der Waals surface area contributed by atoms with E-state index in [9.17, 15) is 34.2 Å². The van der Waals surface area contributed by atoms with E-state index in [1.54, 1.807) is 0 Å². The van der Waals surface area contributed by atoms with Gasteiger partial charge >= 0.3 is 11.9 Å². The number of benzene rings is 1. The van der Waals surface area contributed by atoms with Crippen molar-refractivity contribution in [3.63, 3.8) is 0 Å². The van der Waals surface area contributed by atoms with Crippen LogP contribution >= 0.6 is 11.6 Å². The lowest BCUT2D eigenvalue weighted by molar-refractivity contribution is -0.238. The van der Waals surface area contributed by atoms with Crippen molar-refractivity contribution in [2.24, 2.45) is 73.7 Å². The first-order chi connectivity index (χ1) is 29.7. The normalized spacial score (nSPS) is 37.4. The number of fused-ring (bicyclic) bond motifs is 7. The van der Waals surface area contributed by atoms with Crippen LogP contribution < -0.4 is 16.4 Å². The van der Waals surface area contributed by atoms with Gasteiger partial charge in [-0.3, -0.25) is 24.0 Å². The second kappa shape index (κ2) is 16.8. The van der Waals surface area contributed by atoms with Crippen molar-refractivity contribution in [3.8, 4) is 0 Å². The minimum atomic E-state index is -2.80. The number of carbonyl (C=O) groups is 5. The lowest BCUT2D eigenvalue weighted by Crippen LogP contribution is -2.66. The third-order valence-corrected chi connectivity index (χ3v) is 19.4. The number of allylic oxidation sites excluding steroid dienone is 1. The molecular formula is C51H73ClFN3O8. The van der Waals surface area contributed by atoms with Crippen LogP contribution in [-0.4, -0.2) is 70.8 Å². The number of Topliss-reactive ketones (excluding diaryl/α,β-unsaturated/α-hetero) is 1. The molecule has 0 bridgehead atoms. The molecule has 0 radical (unpaired) electrons. The SMILES string of the molecule is CC(C)C1=C2[C@H]3CC[C@@H]4[C@@]5(C)CC[C@H](OC(=O)[C@H]6C[C@@H](C(=O)O)C6(C)C)C(C)(C)[C@@H]5CC[C@@]4(C)[C@]3(C)CC[C@@]2([C@@H](O)CNC(=O)C(F)(CCCN)NC(=O)c2ccc(Cl)cc2)CC1=O. The highest BCUT2D eigenvalue weighted by Gasteiger charge is 2.71. The number of ether oxygens (including phenoxy) is 1. The van der Waals surface area contributed by atoms with Gasteiger partial charge < -0.3 is 31.3 Å². The number of aliphatic carboxylic acids is 1. The molecule has 1 aromatic rings. The molecule has 13 heteroatoms. The van der Waals surface area contributed by atoms with E-state index in [2.05, 4.69) is 45.3 Å². The number of amides is 2. The van der Waals surface area contributed by atoms with Gasteiger partial charge in [0.05, 0.1) is 17.9 Å². The second-order valence-electron chi connectivity index (χ2n) is 23.0. The zero-order valence-corrected chi connectivity index (χ0v) is 40.3. The molecule has 5 fully saturated rings. The number of aliphatic hydroxyl groups is 1. The number of carbonyl (C=O) groups excluding carboxylic acids is 4. The molecule has 5 saturated carbocycles. The number of nitrogens with one attached hydrogen (secondary N) is 2. The molecule has 6 N–H and O–H groups in total. The van der Waals surface area contributed by atoms with Gasteiger partial charge in [-0.2, -0.15) is 0 Å². The van der Waals surface area contributed by atoms with Crippen LogP contribution in [0, 0.1) is 68.0 Å². The topological polar surface area (TPSA) is 185 Å². The molecule has 0 aliphatic heterocycles. The van der Waals surface area contributed by atoms with Crippen molar-refractivity contribution >= 4 is 41.1 Å². The number of carboxylic acids is 1. The standard InChI is InChI=1S/C51H73ClFN3O8/c1-28(2)39-34(57)26-50(37(58)27-55-44(63)51(53,19-10-24-54)56-41(59)29-11-13-30(52)14-12-29)23-22-48(8)31(40(39)50)15-16-36-47(7)20-18-38(46(5,6)35(47)17-21-49(36,48)9)64-43(62)33-25-32(42(60)61)45(33,3)4/h11-14,28,31-33,35-38,58H,10,15-27,54H2,1-9H3,(H,55,63)(H,56,59)(H,60,61)/t31-,32+,33-,35+,36-,37+,38+,47+,48-,49-,50+,51?/m1/s1. The van der Waals surface area contributed by atoms with Crippen LogP contribution in [0.1, 0.15) is 150 Å². The van der Waals surface area contributed by atoms with Crippen LogP contribution in [0.3, 0.4) is 0 Å². The lowest BCUT2D eigenvalue weighted by Gasteiger charge is -2.72. The van der Waals surface area contributed by atoms with E-state index in [0.717, 1.165) is 56.1 Å². The molecule has 11 nitrogen and oxygen atoms in total. The van der Waals surface area contributed by atoms with Gasteiger partial charge in [0.2, 0.25) is 0 Å². The molecule has 1 aromatic carbocycles. The molecule has 0 aromatic heterocycles. The second-order valence-corrected chi connectivity index (χ2v) is 23.5. The Bertz CT molecular complexity index is 2090. The zero-order valence-electron chi connectivity index (χ0n) is 39.5. The lowest BCUT2D eigenvalue weighted by atomic mass is 9.33. The van der Waals surface area contributed by atoms with Gasteiger partial charge in [-0.25, -0.2) is 4.39 Å². The van der Waals surface area contributed by atoms with Gasteiger partial charge in [-0.15, -0.1) is 0 Å². The van der Waals surface area contributed by atoms with Crippen molar-refractivity contribution in [1.82, 2.24) is 10.6 Å². The van der Waals surface area contributed by atoms with Crippen LogP contribution in [0.5, 0.6) is 0 Å². The molecule has 0 saturated heterocycles. The van der Waals surface area contributed by atoms with E-state index in [1.807, 2.05) is 27.7 Å². The molecule has 354 valence electrons. The Hall–Kier alpha value is -3.35. The summed E-state index contributed by atoms with van der Waals surface area (Å²) in [7, 11) is 0. The summed E-state index contributed by atoms with van der Waals surface area (Å²) in [6.45, 7) is 19.5. The molecule has 1 unspecified atom stereocenters. The smallest absolute Gasteiger partial charge is 0.309 e. The Kier molecular flexibility index (Phi) is 12.7. The van der Waals surface area contributed by atoms with Gasteiger partial charge in [0.25, 0.3) is 17.6 Å². The zero-order chi connectivity index (χ0) is 47.2. The minimum absolute atomic E-state index is 0.0195. The van der Waals surface area contributed by atoms with E-state index < -0.39 is 52.3 Å². The van der Waals surface area contributed by atoms with Crippen molar-refractivity contribution in [2.45, 2.75) is 157 Å². The monoisotopic (exact) mass is 910 g/mol. The molecule has 2 amide bonds. The number of halogens is 2. The van der Waals surface area contributed by atoms with Crippen molar-refractivity contribution in [2.75, 3.05) is 13.1 Å². The van der Waals surface area contributed by atoms with Crippen LogP contribution in [0.25, 0.3) is 0 Å². The Morgan fingerprint density at radius 1 is 0.906 bits per heavy atom. The number of aliphatic hydroxyl groups excluding tert-OH is 1. The van der Waals surface area contributed by atoms with Crippen LogP contribution in [-0.2, 0) is 23.9 Å². The maximum atomic E-state index is 16.6. The fourth-order valence-electron chi connectivity index (χ4n) is 15.2. The van der Waals surface area contributed by atoms with E-state index in [1.165, 1.54) is 24.3 Å². The summed E-state index contributed by atoms with van der Waals surface area (Å²) in [5.41, 5.74) is 5.42. The first-order valence-corrected chi connectivity index (χ1v) is 24.3. The number of nitrogens with two attached hydrogens (primary N) is 1. The molecule has 64 heavy (non-hydrogen) atoms. The molecule has 0 heterocycles. The summed E-state index contributed by atoms with van der Waals surface area (Å²) in [5.74, 6) is -6.18. The van der Waals surface area contributed by atoms with E-state index in [0.29, 0.717) is 29.7 Å². The van der Waals surface area contributed by atoms with Crippen LogP contribution in [0.4, 0.5) is 4.39 Å². The predicted octanol–water partition coefficient (Wildman–Crippen LogP) is 8.59.